The third-order valence-corrected chi connectivity index (χ3v) is 4.94. The van der Waals surface area contributed by atoms with Crippen molar-refractivity contribution in [2.24, 2.45) is 0 Å². The number of anilines is 1. The lowest BCUT2D eigenvalue weighted by atomic mass is 10.2. The van der Waals surface area contributed by atoms with Crippen molar-refractivity contribution in [1.29, 1.82) is 0 Å². The van der Waals surface area contributed by atoms with Gasteiger partial charge >= 0.3 is 0 Å². The van der Waals surface area contributed by atoms with E-state index in [0.29, 0.717) is 11.4 Å². The van der Waals surface area contributed by atoms with Crippen LogP contribution in [0.3, 0.4) is 0 Å². The van der Waals surface area contributed by atoms with Crippen LogP contribution in [0.5, 0.6) is 5.75 Å². The SMILES string of the molecule is COc1ccc(N([C@H](C)C(=O)NC2CC2)S(C)(=O)=O)cc1Cl. The van der Waals surface area contributed by atoms with Crippen LogP contribution in [0.2, 0.25) is 5.02 Å². The third-order valence-electron chi connectivity index (χ3n) is 3.40. The first-order chi connectivity index (χ1) is 10.2. The van der Waals surface area contributed by atoms with Gasteiger partial charge in [-0.3, -0.25) is 9.10 Å². The standard InChI is InChI=1S/C14H19ClN2O4S/c1-9(14(18)16-10-4-5-10)17(22(3,19)20)11-6-7-13(21-2)12(15)8-11/h6-10H,4-5H2,1-3H3,(H,16,18)/t9-/m1/s1. The number of nitrogens with one attached hydrogen (secondary N) is 1. The molecule has 8 heteroatoms. The predicted octanol–water partition coefficient (Wildman–Crippen LogP) is 1.78. The molecule has 0 heterocycles. The molecule has 0 radical (unpaired) electrons. The largest absolute Gasteiger partial charge is 0.495 e. The lowest BCUT2D eigenvalue weighted by molar-refractivity contribution is -0.121. The Kier molecular flexibility index (Phi) is 4.87. The van der Waals surface area contributed by atoms with Gasteiger partial charge in [0.05, 0.1) is 24.1 Å². The first-order valence-corrected chi connectivity index (χ1v) is 9.10. The van der Waals surface area contributed by atoms with Crippen LogP contribution in [0.25, 0.3) is 0 Å². The van der Waals surface area contributed by atoms with Gasteiger partial charge in [0, 0.05) is 6.04 Å². The molecule has 1 N–H and O–H groups in total. The maximum Gasteiger partial charge on any atom is 0.243 e. The number of hydrogen-bond donors (Lipinski definition) is 1. The first-order valence-electron chi connectivity index (χ1n) is 6.87. The van der Waals surface area contributed by atoms with E-state index < -0.39 is 16.1 Å². The van der Waals surface area contributed by atoms with E-state index in [2.05, 4.69) is 5.32 Å². The van der Waals surface area contributed by atoms with Crippen molar-refractivity contribution in [1.82, 2.24) is 5.32 Å². The number of hydrogen-bond acceptors (Lipinski definition) is 4. The van der Waals surface area contributed by atoms with E-state index in [1.165, 1.54) is 13.2 Å². The molecule has 0 saturated heterocycles. The smallest absolute Gasteiger partial charge is 0.243 e. The Morgan fingerprint density at radius 3 is 2.55 bits per heavy atom. The molecule has 1 aromatic rings. The van der Waals surface area contributed by atoms with Gasteiger partial charge in [0.2, 0.25) is 15.9 Å². The van der Waals surface area contributed by atoms with Crippen molar-refractivity contribution in [2.45, 2.75) is 31.8 Å². The monoisotopic (exact) mass is 346 g/mol. The van der Waals surface area contributed by atoms with Crippen LogP contribution in [0.1, 0.15) is 19.8 Å². The summed E-state index contributed by atoms with van der Waals surface area (Å²) in [6.45, 7) is 1.55. The number of ether oxygens (including phenoxy) is 1. The number of rotatable bonds is 6. The molecule has 1 saturated carbocycles. The zero-order chi connectivity index (χ0) is 16.5. The van der Waals surface area contributed by atoms with E-state index >= 15 is 0 Å². The van der Waals surface area contributed by atoms with E-state index in [-0.39, 0.29) is 17.0 Å². The number of carbonyl (C=O) groups is 1. The third kappa shape index (κ3) is 3.84. The maximum absolute atomic E-state index is 12.2. The van der Waals surface area contributed by atoms with Gasteiger partial charge in [-0.1, -0.05) is 11.6 Å². The summed E-state index contributed by atoms with van der Waals surface area (Å²) in [6.07, 6.45) is 2.93. The minimum absolute atomic E-state index is 0.163. The molecule has 122 valence electrons. The number of nitrogens with zero attached hydrogens (tertiary/aromatic N) is 1. The van der Waals surface area contributed by atoms with Gasteiger partial charge in [-0.15, -0.1) is 0 Å². The van der Waals surface area contributed by atoms with E-state index in [1.807, 2.05) is 0 Å². The molecule has 0 unspecified atom stereocenters. The highest BCUT2D eigenvalue weighted by atomic mass is 35.5. The highest BCUT2D eigenvalue weighted by Crippen LogP contribution is 2.31. The Labute approximate surface area is 135 Å². The molecule has 0 aromatic heterocycles. The Morgan fingerprint density at radius 1 is 1.45 bits per heavy atom. The van der Waals surface area contributed by atoms with Crippen LogP contribution in [0.15, 0.2) is 18.2 Å². The number of carbonyl (C=O) groups excluding carboxylic acids is 1. The van der Waals surface area contributed by atoms with Gasteiger partial charge in [-0.25, -0.2) is 8.42 Å². The van der Waals surface area contributed by atoms with Crippen molar-refractivity contribution in [3.63, 3.8) is 0 Å². The molecule has 22 heavy (non-hydrogen) atoms. The fourth-order valence-electron chi connectivity index (χ4n) is 2.15. The highest BCUT2D eigenvalue weighted by molar-refractivity contribution is 7.92. The fraction of sp³-hybridized carbons (Fsp3) is 0.500. The fourth-order valence-corrected chi connectivity index (χ4v) is 3.57. The van der Waals surface area contributed by atoms with Crippen LogP contribution in [-0.4, -0.2) is 39.8 Å². The molecule has 1 aliphatic rings. The summed E-state index contributed by atoms with van der Waals surface area (Å²) < 4.78 is 30.4. The number of amides is 1. The summed E-state index contributed by atoms with van der Waals surface area (Å²) in [7, 11) is -2.17. The van der Waals surface area contributed by atoms with E-state index in [0.717, 1.165) is 23.4 Å². The number of halogens is 1. The second kappa shape index (κ2) is 6.34. The van der Waals surface area contributed by atoms with Crippen molar-refractivity contribution >= 4 is 33.2 Å². The molecule has 2 rings (SSSR count). The summed E-state index contributed by atoms with van der Waals surface area (Å²) >= 11 is 6.06. The topological polar surface area (TPSA) is 75.7 Å². The summed E-state index contributed by atoms with van der Waals surface area (Å²) in [5.74, 6) is 0.119. The van der Waals surface area contributed by atoms with Crippen LogP contribution in [0.4, 0.5) is 5.69 Å². The Balaban J connectivity index is 2.33. The molecule has 6 nitrogen and oxygen atoms in total. The average Bonchev–Trinajstić information content (AvgIpc) is 3.21. The zero-order valence-electron chi connectivity index (χ0n) is 12.7. The normalized spacial score (nSPS) is 16.0. The van der Waals surface area contributed by atoms with Gasteiger partial charge in [-0.05, 0) is 38.0 Å². The van der Waals surface area contributed by atoms with Crippen molar-refractivity contribution in [3.05, 3.63) is 23.2 Å². The van der Waals surface area contributed by atoms with Gasteiger partial charge in [0.1, 0.15) is 11.8 Å². The number of sulfonamides is 1. The molecule has 1 amide bonds. The van der Waals surface area contributed by atoms with Gasteiger partial charge < -0.3 is 10.1 Å². The molecule has 1 fully saturated rings. The summed E-state index contributed by atoms with van der Waals surface area (Å²) in [5, 5.41) is 3.09. The van der Waals surface area contributed by atoms with Crippen molar-refractivity contribution < 1.29 is 17.9 Å². The van der Waals surface area contributed by atoms with Crippen LogP contribution in [0, 0.1) is 0 Å². The lowest BCUT2D eigenvalue weighted by Gasteiger charge is -2.28. The van der Waals surface area contributed by atoms with E-state index in [4.69, 9.17) is 16.3 Å². The Morgan fingerprint density at radius 2 is 2.09 bits per heavy atom. The molecule has 0 spiro atoms. The highest BCUT2D eigenvalue weighted by Gasteiger charge is 2.32. The van der Waals surface area contributed by atoms with E-state index in [9.17, 15) is 13.2 Å². The number of methoxy groups -OCH3 is 1. The molecule has 1 atom stereocenters. The summed E-state index contributed by atoms with van der Waals surface area (Å²) in [6, 6.07) is 3.91. The van der Waals surface area contributed by atoms with Crippen LogP contribution < -0.4 is 14.4 Å². The second-order valence-electron chi connectivity index (χ2n) is 5.34. The Hall–Kier alpha value is -1.47. The molecular weight excluding hydrogens is 328 g/mol. The second-order valence-corrected chi connectivity index (χ2v) is 7.60. The molecular formula is C14H19ClN2O4S. The predicted molar refractivity (Wildman–Crippen MR) is 86.0 cm³/mol. The van der Waals surface area contributed by atoms with Gasteiger partial charge in [0.25, 0.3) is 0 Å². The zero-order valence-corrected chi connectivity index (χ0v) is 14.2. The quantitative estimate of drug-likeness (QED) is 0.852. The molecule has 0 bridgehead atoms. The van der Waals surface area contributed by atoms with Gasteiger partial charge in [-0.2, -0.15) is 0 Å². The average molecular weight is 347 g/mol. The van der Waals surface area contributed by atoms with E-state index in [1.54, 1.807) is 19.1 Å². The first kappa shape index (κ1) is 16.9. The van der Waals surface area contributed by atoms with Crippen molar-refractivity contribution in [2.75, 3.05) is 17.7 Å². The van der Waals surface area contributed by atoms with Crippen LogP contribution >= 0.6 is 11.6 Å². The lowest BCUT2D eigenvalue weighted by Crippen LogP contribution is -2.48. The Bertz CT molecular complexity index is 673. The molecule has 1 aliphatic carbocycles. The molecule has 0 aliphatic heterocycles. The van der Waals surface area contributed by atoms with Crippen molar-refractivity contribution in [3.8, 4) is 5.75 Å². The van der Waals surface area contributed by atoms with Crippen LogP contribution in [-0.2, 0) is 14.8 Å². The summed E-state index contributed by atoms with van der Waals surface area (Å²) in [4.78, 5) is 12.2. The van der Waals surface area contributed by atoms with Gasteiger partial charge in [0.15, 0.2) is 0 Å². The minimum Gasteiger partial charge on any atom is -0.495 e. The minimum atomic E-state index is -3.64. The molecule has 1 aromatic carbocycles. The summed E-state index contributed by atoms with van der Waals surface area (Å²) in [5.41, 5.74) is 0.326. The number of benzene rings is 1. The maximum atomic E-state index is 12.2.